The van der Waals surface area contributed by atoms with Gasteiger partial charge in [0.25, 0.3) is 0 Å². The Balaban J connectivity index is 1.35. The third kappa shape index (κ3) is 3.54. The van der Waals surface area contributed by atoms with Crippen molar-refractivity contribution in [1.29, 1.82) is 0 Å². The van der Waals surface area contributed by atoms with Crippen molar-refractivity contribution in [3.05, 3.63) is 41.9 Å². The topological polar surface area (TPSA) is 117 Å². The number of ether oxygens (including phenoxy) is 2. The molecule has 5 rings (SSSR count). The number of amides is 2. The molecular weight excluding hydrogens is 423 g/mol. The van der Waals surface area contributed by atoms with Gasteiger partial charge in [-0.3, -0.25) is 9.69 Å². The average molecular weight is 444 g/mol. The predicted molar refractivity (Wildman–Crippen MR) is 110 cm³/mol. The number of fused-ring (bicyclic) bond motifs is 3. The number of aliphatic hydroxyl groups is 1. The molecule has 1 fully saturated rings. The summed E-state index contributed by atoms with van der Waals surface area (Å²) in [5.74, 6) is 0.0701. The Morgan fingerprint density at radius 1 is 1.38 bits per heavy atom. The van der Waals surface area contributed by atoms with Gasteiger partial charge in [0.1, 0.15) is 43.2 Å². The molecule has 0 spiro atoms. The minimum absolute atomic E-state index is 0.201. The second-order valence-electron chi connectivity index (χ2n) is 7.71. The molecule has 0 saturated carbocycles. The Morgan fingerprint density at radius 2 is 2.25 bits per heavy atom. The maximum atomic E-state index is 15.1. The maximum Gasteiger partial charge on any atom is 0.415 e. The molecule has 1 saturated heterocycles. The van der Waals surface area contributed by atoms with E-state index >= 15 is 4.39 Å². The number of nitrogens with zero attached hydrogens (tertiary/aromatic N) is 3. The maximum absolute atomic E-state index is 15.1. The summed E-state index contributed by atoms with van der Waals surface area (Å²) in [6, 6.07) is 4.12. The van der Waals surface area contributed by atoms with E-state index < -0.39 is 30.7 Å². The number of anilines is 2. The fourth-order valence-electron chi connectivity index (χ4n) is 4.22. The lowest BCUT2D eigenvalue weighted by atomic mass is 9.97. The molecule has 3 aliphatic heterocycles. The van der Waals surface area contributed by atoms with E-state index in [1.807, 2.05) is 0 Å². The Hall–Kier alpha value is -3.60. The van der Waals surface area contributed by atoms with E-state index in [9.17, 15) is 9.59 Å². The molecule has 0 unspecified atom stereocenters. The standard InChI is InChI=1S/C21H21FN4O6/c22-14-8-15-17(7-13(14)12-1-4-25(5-2-12)20(28)10-27)30-11-16-18(32-21(29)26(15)16)9-23-19-3-6-31-24-19/h1,3,6-8,16,18,27H,2,4-5,9-11H2,(H,23,24)/t16-,18-/m0/s1. The smallest absolute Gasteiger partial charge is 0.415 e. The van der Waals surface area contributed by atoms with Crippen LogP contribution in [0.4, 0.5) is 20.7 Å². The summed E-state index contributed by atoms with van der Waals surface area (Å²) in [5, 5.41) is 15.8. The molecular formula is C21H21FN4O6. The third-order valence-corrected chi connectivity index (χ3v) is 5.89. The van der Waals surface area contributed by atoms with Crippen LogP contribution < -0.4 is 15.0 Å². The molecule has 10 nitrogen and oxygen atoms in total. The first-order chi connectivity index (χ1) is 15.5. The van der Waals surface area contributed by atoms with Crippen molar-refractivity contribution in [3.63, 3.8) is 0 Å². The first kappa shape index (κ1) is 20.3. The zero-order valence-corrected chi connectivity index (χ0v) is 17.0. The van der Waals surface area contributed by atoms with E-state index in [1.165, 1.54) is 22.1 Å². The molecule has 1 aromatic carbocycles. The molecule has 1 aromatic heterocycles. The molecule has 0 radical (unpaired) electrons. The molecule has 2 aromatic rings. The minimum Gasteiger partial charge on any atom is -0.489 e. The molecule has 168 valence electrons. The van der Waals surface area contributed by atoms with Crippen LogP contribution in [0.3, 0.4) is 0 Å². The molecule has 0 aliphatic carbocycles. The molecule has 11 heteroatoms. The molecule has 2 amide bonds. The monoisotopic (exact) mass is 444 g/mol. The van der Waals surface area contributed by atoms with E-state index in [1.54, 1.807) is 18.2 Å². The summed E-state index contributed by atoms with van der Waals surface area (Å²) in [6.45, 7) is 0.643. The van der Waals surface area contributed by atoms with Crippen molar-refractivity contribution in [2.75, 3.05) is 43.1 Å². The number of benzene rings is 1. The number of cyclic esters (lactones) is 1. The number of hydrogen-bond acceptors (Lipinski definition) is 8. The van der Waals surface area contributed by atoms with Crippen molar-refractivity contribution in [3.8, 4) is 5.75 Å². The van der Waals surface area contributed by atoms with Crippen LogP contribution in [0.25, 0.3) is 5.57 Å². The van der Waals surface area contributed by atoms with Crippen LogP contribution in [0.15, 0.2) is 35.1 Å². The zero-order valence-electron chi connectivity index (χ0n) is 17.0. The highest BCUT2D eigenvalue weighted by Crippen LogP contribution is 2.42. The second kappa shape index (κ2) is 8.15. The molecule has 2 atom stereocenters. The van der Waals surface area contributed by atoms with Crippen LogP contribution in [0.2, 0.25) is 0 Å². The summed E-state index contributed by atoms with van der Waals surface area (Å²) in [5.41, 5.74) is 1.44. The van der Waals surface area contributed by atoms with Crippen molar-refractivity contribution in [2.24, 2.45) is 0 Å². The van der Waals surface area contributed by atoms with Gasteiger partial charge in [-0.15, -0.1) is 0 Å². The Morgan fingerprint density at radius 3 is 2.97 bits per heavy atom. The Kier molecular flexibility index (Phi) is 5.17. The quantitative estimate of drug-likeness (QED) is 0.715. The fourth-order valence-corrected chi connectivity index (χ4v) is 4.22. The van der Waals surface area contributed by atoms with Crippen molar-refractivity contribution in [1.82, 2.24) is 10.1 Å². The Labute approximate surface area is 182 Å². The van der Waals surface area contributed by atoms with Gasteiger partial charge in [0.15, 0.2) is 5.82 Å². The summed E-state index contributed by atoms with van der Waals surface area (Å²) in [4.78, 5) is 27.1. The highest BCUT2D eigenvalue weighted by Gasteiger charge is 2.47. The molecule has 4 heterocycles. The number of rotatable bonds is 5. The van der Waals surface area contributed by atoms with Gasteiger partial charge < -0.3 is 29.3 Å². The van der Waals surface area contributed by atoms with E-state index in [0.717, 1.165) is 5.57 Å². The highest BCUT2D eigenvalue weighted by molar-refractivity contribution is 5.94. The summed E-state index contributed by atoms with van der Waals surface area (Å²) in [6.07, 6.45) is 2.58. The lowest BCUT2D eigenvalue weighted by Crippen LogP contribution is -2.46. The zero-order chi connectivity index (χ0) is 22.2. The SMILES string of the molecule is O=C(CO)N1CC=C(c2cc3c(cc2F)N2C(=O)O[C@@H](CNc4ccon4)[C@@H]2CO3)CC1. The number of carbonyl (C=O) groups is 2. The molecule has 2 N–H and O–H groups in total. The second-order valence-corrected chi connectivity index (χ2v) is 7.71. The number of hydrogen-bond donors (Lipinski definition) is 2. The van der Waals surface area contributed by atoms with E-state index in [-0.39, 0.29) is 12.5 Å². The normalized spacial score (nSPS) is 21.9. The highest BCUT2D eigenvalue weighted by atomic mass is 19.1. The van der Waals surface area contributed by atoms with Gasteiger partial charge in [-0.25, -0.2) is 9.18 Å². The van der Waals surface area contributed by atoms with Gasteiger partial charge in [-0.1, -0.05) is 11.2 Å². The average Bonchev–Trinajstić information content (AvgIpc) is 3.44. The Bertz CT molecular complexity index is 1070. The van der Waals surface area contributed by atoms with Crippen LogP contribution in [-0.2, 0) is 9.53 Å². The number of nitrogens with one attached hydrogen (secondary N) is 1. The van der Waals surface area contributed by atoms with E-state index in [2.05, 4.69) is 10.5 Å². The van der Waals surface area contributed by atoms with Gasteiger partial charge in [0.05, 0.1) is 12.2 Å². The van der Waals surface area contributed by atoms with Crippen molar-refractivity contribution < 1.29 is 33.1 Å². The summed E-state index contributed by atoms with van der Waals surface area (Å²) in [7, 11) is 0. The lowest BCUT2D eigenvalue weighted by Gasteiger charge is -2.32. The molecule has 0 bridgehead atoms. The number of aliphatic hydroxyl groups excluding tert-OH is 1. The van der Waals surface area contributed by atoms with Gasteiger partial charge in [0.2, 0.25) is 5.91 Å². The first-order valence-corrected chi connectivity index (χ1v) is 10.2. The first-order valence-electron chi connectivity index (χ1n) is 10.2. The van der Waals surface area contributed by atoms with Crippen LogP contribution >= 0.6 is 0 Å². The van der Waals surface area contributed by atoms with Crippen LogP contribution in [0.1, 0.15) is 12.0 Å². The van der Waals surface area contributed by atoms with Crippen molar-refractivity contribution in [2.45, 2.75) is 18.6 Å². The van der Waals surface area contributed by atoms with Crippen LogP contribution in [0, 0.1) is 5.82 Å². The fraction of sp³-hybridized carbons (Fsp3) is 0.381. The summed E-state index contributed by atoms with van der Waals surface area (Å²) >= 11 is 0. The third-order valence-electron chi connectivity index (χ3n) is 5.89. The molecule has 32 heavy (non-hydrogen) atoms. The van der Waals surface area contributed by atoms with E-state index in [4.69, 9.17) is 19.1 Å². The van der Waals surface area contributed by atoms with E-state index in [0.29, 0.717) is 48.9 Å². The van der Waals surface area contributed by atoms with Crippen LogP contribution in [0.5, 0.6) is 5.75 Å². The van der Waals surface area contributed by atoms with Gasteiger partial charge in [-0.05, 0) is 18.1 Å². The number of carbonyl (C=O) groups excluding carboxylic acids is 2. The predicted octanol–water partition coefficient (Wildman–Crippen LogP) is 1.62. The van der Waals surface area contributed by atoms with Crippen LogP contribution in [-0.4, -0.2) is 72.2 Å². The molecule has 3 aliphatic rings. The number of halogens is 1. The number of aromatic nitrogens is 1. The lowest BCUT2D eigenvalue weighted by molar-refractivity contribution is -0.133. The minimum atomic E-state index is -0.561. The van der Waals surface area contributed by atoms with Gasteiger partial charge in [0, 0.05) is 30.8 Å². The van der Waals surface area contributed by atoms with Crippen molar-refractivity contribution >= 4 is 29.1 Å². The van der Waals surface area contributed by atoms with Gasteiger partial charge in [-0.2, -0.15) is 0 Å². The largest absolute Gasteiger partial charge is 0.489 e. The summed E-state index contributed by atoms with van der Waals surface area (Å²) < 4.78 is 31.2. The van der Waals surface area contributed by atoms with Gasteiger partial charge >= 0.3 is 6.09 Å².